The first-order valence-corrected chi connectivity index (χ1v) is 6.64. The molecule has 1 spiro atoms. The Morgan fingerprint density at radius 3 is 2.61 bits per heavy atom. The Balaban J connectivity index is 2.13. The van der Waals surface area contributed by atoms with Crippen molar-refractivity contribution in [3.8, 4) is 5.75 Å². The van der Waals surface area contributed by atoms with Gasteiger partial charge < -0.3 is 10.5 Å². The third-order valence-corrected chi connectivity index (χ3v) is 4.46. The molecule has 0 aromatic heterocycles. The Hall–Kier alpha value is -1.51. The predicted octanol–water partition coefficient (Wildman–Crippen LogP) is 3.16. The van der Waals surface area contributed by atoms with Crippen LogP contribution in [0.1, 0.15) is 53.6 Å². The van der Waals surface area contributed by atoms with Gasteiger partial charge in [0.15, 0.2) is 11.5 Å². The number of ether oxygens (including phenoxy) is 1. The fourth-order valence-corrected chi connectivity index (χ4v) is 3.17. The molecule has 1 aromatic carbocycles. The zero-order chi connectivity index (χ0) is 12.9. The highest BCUT2D eigenvalue weighted by atomic mass is 16.5. The molecule has 0 bridgehead atoms. The Kier molecular flexibility index (Phi) is 2.40. The molecule has 2 N–H and O–H groups in total. The SMILES string of the molecule is Cc1cc2c(c(N)c1C)OC1(CCCC1)CC2=O. The molecule has 1 aliphatic heterocycles. The number of hydrogen-bond acceptors (Lipinski definition) is 3. The molecule has 18 heavy (non-hydrogen) atoms. The van der Waals surface area contributed by atoms with E-state index in [9.17, 15) is 4.79 Å². The molecular formula is C15H19NO2. The average molecular weight is 245 g/mol. The summed E-state index contributed by atoms with van der Waals surface area (Å²) in [6.07, 6.45) is 4.76. The number of anilines is 1. The minimum Gasteiger partial charge on any atom is -0.484 e. The molecule has 0 radical (unpaired) electrons. The number of benzene rings is 1. The quantitative estimate of drug-likeness (QED) is 0.714. The Bertz CT molecular complexity index is 528. The Labute approximate surface area is 107 Å². The van der Waals surface area contributed by atoms with Crippen LogP contribution in [0, 0.1) is 13.8 Å². The number of aryl methyl sites for hydroxylation is 1. The monoisotopic (exact) mass is 245 g/mol. The van der Waals surface area contributed by atoms with Crippen LogP contribution in [0.15, 0.2) is 6.07 Å². The molecule has 1 fully saturated rings. The topological polar surface area (TPSA) is 52.3 Å². The summed E-state index contributed by atoms with van der Waals surface area (Å²) in [4.78, 5) is 12.3. The zero-order valence-electron chi connectivity index (χ0n) is 11.0. The molecule has 1 heterocycles. The number of hydrogen-bond donors (Lipinski definition) is 1. The summed E-state index contributed by atoms with van der Waals surface area (Å²) in [5.74, 6) is 0.823. The van der Waals surface area contributed by atoms with Gasteiger partial charge in [-0.05, 0) is 56.7 Å². The molecule has 2 aliphatic rings. The number of nitrogen functional groups attached to an aromatic ring is 1. The lowest BCUT2D eigenvalue weighted by Gasteiger charge is -2.36. The van der Waals surface area contributed by atoms with E-state index in [0.29, 0.717) is 23.4 Å². The summed E-state index contributed by atoms with van der Waals surface area (Å²) in [6.45, 7) is 3.97. The second-order valence-corrected chi connectivity index (χ2v) is 5.70. The van der Waals surface area contributed by atoms with E-state index in [0.717, 1.165) is 36.8 Å². The second-order valence-electron chi connectivity index (χ2n) is 5.70. The average Bonchev–Trinajstić information content (AvgIpc) is 2.77. The van der Waals surface area contributed by atoms with Crippen molar-refractivity contribution in [2.45, 2.75) is 51.6 Å². The van der Waals surface area contributed by atoms with Gasteiger partial charge in [0.2, 0.25) is 0 Å². The maximum atomic E-state index is 12.3. The number of nitrogens with two attached hydrogens (primary N) is 1. The van der Waals surface area contributed by atoms with Gasteiger partial charge in [0.25, 0.3) is 0 Å². The largest absolute Gasteiger partial charge is 0.484 e. The summed E-state index contributed by atoms with van der Waals surface area (Å²) < 4.78 is 6.17. The molecule has 1 saturated carbocycles. The van der Waals surface area contributed by atoms with Gasteiger partial charge in [0.1, 0.15) is 5.60 Å². The normalized spacial score (nSPS) is 20.9. The van der Waals surface area contributed by atoms with E-state index in [-0.39, 0.29) is 11.4 Å². The van der Waals surface area contributed by atoms with Gasteiger partial charge in [-0.3, -0.25) is 4.79 Å². The number of ketones is 1. The van der Waals surface area contributed by atoms with Crippen molar-refractivity contribution in [3.63, 3.8) is 0 Å². The van der Waals surface area contributed by atoms with Gasteiger partial charge in [-0.25, -0.2) is 0 Å². The molecule has 3 rings (SSSR count). The first-order chi connectivity index (χ1) is 8.52. The van der Waals surface area contributed by atoms with Crippen LogP contribution in [-0.2, 0) is 0 Å². The van der Waals surface area contributed by atoms with Crippen LogP contribution < -0.4 is 10.5 Å². The lowest BCUT2D eigenvalue weighted by Crippen LogP contribution is -2.39. The fourth-order valence-electron chi connectivity index (χ4n) is 3.17. The third kappa shape index (κ3) is 1.53. The summed E-state index contributed by atoms with van der Waals surface area (Å²) in [5.41, 5.74) is 9.28. The van der Waals surface area contributed by atoms with E-state index in [1.807, 2.05) is 19.9 Å². The summed E-state index contributed by atoms with van der Waals surface area (Å²) in [5, 5.41) is 0. The first-order valence-electron chi connectivity index (χ1n) is 6.64. The lowest BCUT2D eigenvalue weighted by atomic mass is 9.87. The van der Waals surface area contributed by atoms with Crippen molar-refractivity contribution in [1.29, 1.82) is 0 Å². The number of fused-ring (bicyclic) bond motifs is 1. The van der Waals surface area contributed by atoms with Crippen LogP contribution in [0.25, 0.3) is 0 Å². The molecule has 3 nitrogen and oxygen atoms in total. The molecule has 3 heteroatoms. The van der Waals surface area contributed by atoms with E-state index >= 15 is 0 Å². The molecule has 96 valence electrons. The molecule has 0 atom stereocenters. The molecule has 1 aliphatic carbocycles. The zero-order valence-corrected chi connectivity index (χ0v) is 11.0. The molecular weight excluding hydrogens is 226 g/mol. The minimum absolute atomic E-state index is 0.188. The number of rotatable bonds is 0. The Morgan fingerprint density at radius 2 is 1.94 bits per heavy atom. The Morgan fingerprint density at radius 1 is 1.28 bits per heavy atom. The van der Waals surface area contributed by atoms with Crippen molar-refractivity contribution in [2.75, 3.05) is 5.73 Å². The van der Waals surface area contributed by atoms with Gasteiger partial charge in [0, 0.05) is 0 Å². The maximum absolute atomic E-state index is 12.3. The van der Waals surface area contributed by atoms with E-state index in [4.69, 9.17) is 10.5 Å². The molecule has 1 aromatic rings. The van der Waals surface area contributed by atoms with Crippen LogP contribution in [0.4, 0.5) is 5.69 Å². The van der Waals surface area contributed by atoms with Gasteiger partial charge >= 0.3 is 0 Å². The highest BCUT2D eigenvalue weighted by Crippen LogP contribution is 2.46. The fraction of sp³-hybridized carbons (Fsp3) is 0.533. The molecule has 0 unspecified atom stereocenters. The third-order valence-electron chi connectivity index (χ3n) is 4.46. The smallest absolute Gasteiger partial charge is 0.170 e. The van der Waals surface area contributed by atoms with Gasteiger partial charge in [-0.2, -0.15) is 0 Å². The molecule has 0 amide bonds. The van der Waals surface area contributed by atoms with Crippen molar-refractivity contribution < 1.29 is 9.53 Å². The summed E-state index contributed by atoms with van der Waals surface area (Å²) in [7, 11) is 0. The highest BCUT2D eigenvalue weighted by Gasteiger charge is 2.43. The van der Waals surface area contributed by atoms with E-state index < -0.39 is 0 Å². The molecule has 0 saturated heterocycles. The van der Waals surface area contributed by atoms with Gasteiger partial charge in [-0.15, -0.1) is 0 Å². The summed E-state index contributed by atoms with van der Waals surface area (Å²) >= 11 is 0. The first kappa shape index (κ1) is 11.6. The van der Waals surface area contributed by atoms with Crippen molar-refractivity contribution in [1.82, 2.24) is 0 Å². The van der Waals surface area contributed by atoms with Gasteiger partial charge in [-0.1, -0.05) is 0 Å². The van der Waals surface area contributed by atoms with Crippen LogP contribution in [0.2, 0.25) is 0 Å². The van der Waals surface area contributed by atoms with E-state index in [1.165, 1.54) is 0 Å². The maximum Gasteiger partial charge on any atom is 0.170 e. The minimum atomic E-state index is -0.264. The predicted molar refractivity (Wildman–Crippen MR) is 71.1 cm³/mol. The van der Waals surface area contributed by atoms with Crippen LogP contribution in [0.3, 0.4) is 0 Å². The van der Waals surface area contributed by atoms with Crippen molar-refractivity contribution >= 4 is 11.5 Å². The van der Waals surface area contributed by atoms with Crippen LogP contribution in [-0.4, -0.2) is 11.4 Å². The second kappa shape index (κ2) is 3.74. The lowest BCUT2D eigenvalue weighted by molar-refractivity contribution is 0.0456. The summed E-state index contributed by atoms with van der Waals surface area (Å²) in [6, 6.07) is 1.92. The van der Waals surface area contributed by atoms with E-state index in [1.54, 1.807) is 0 Å². The van der Waals surface area contributed by atoms with E-state index in [2.05, 4.69) is 0 Å². The number of carbonyl (C=O) groups excluding carboxylic acids is 1. The number of carbonyl (C=O) groups is 1. The van der Waals surface area contributed by atoms with Crippen LogP contribution in [0.5, 0.6) is 5.75 Å². The van der Waals surface area contributed by atoms with Crippen molar-refractivity contribution in [2.24, 2.45) is 0 Å². The standard InChI is InChI=1S/C15H19NO2/c1-9-7-11-12(17)8-15(5-3-4-6-15)18-14(11)13(16)10(9)2/h7H,3-6,8,16H2,1-2H3. The van der Waals surface area contributed by atoms with Gasteiger partial charge in [0.05, 0.1) is 17.7 Å². The number of Topliss-reactive ketones (excluding diaryl/α,β-unsaturated/α-hetero) is 1. The highest BCUT2D eigenvalue weighted by molar-refractivity contribution is 6.02. The van der Waals surface area contributed by atoms with Crippen molar-refractivity contribution in [3.05, 3.63) is 22.8 Å². The van der Waals surface area contributed by atoms with Crippen LogP contribution >= 0.6 is 0 Å².